The standard InChI is InChI=1S/C9H9N4O5/c10-4-9(11,5-14)7-2-1-6(12(15)16)3-8(7)13(17)18/h1-3H,4,10-11H2. The average Bonchev–Trinajstić information content (AvgIpc) is 2.36. The molecule has 1 atom stereocenters. The predicted molar refractivity (Wildman–Crippen MR) is 60.4 cm³/mol. The Balaban J connectivity index is 3.50. The van der Waals surface area contributed by atoms with E-state index >= 15 is 0 Å². The maximum atomic E-state index is 10.8. The third-order valence-electron chi connectivity index (χ3n) is 2.37. The molecule has 0 aliphatic heterocycles. The molecule has 18 heavy (non-hydrogen) atoms. The van der Waals surface area contributed by atoms with Gasteiger partial charge in [-0.2, -0.15) is 0 Å². The molecule has 0 aliphatic rings. The third kappa shape index (κ3) is 2.31. The van der Waals surface area contributed by atoms with Crippen LogP contribution in [0.2, 0.25) is 0 Å². The van der Waals surface area contributed by atoms with E-state index in [-0.39, 0.29) is 5.56 Å². The summed E-state index contributed by atoms with van der Waals surface area (Å²) in [7, 11) is 0. The van der Waals surface area contributed by atoms with Gasteiger partial charge in [0.1, 0.15) is 5.54 Å². The lowest BCUT2D eigenvalue weighted by Crippen LogP contribution is -2.45. The van der Waals surface area contributed by atoms with Crippen molar-refractivity contribution in [3.8, 4) is 0 Å². The van der Waals surface area contributed by atoms with Crippen molar-refractivity contribution < 1.29 is 14.6 Å². The normalized spacial score (nSPS) is 13.7. The minimum Gasteiger partial charge on any atom is -0.328 e. The van der Waals surface area contributed by atoms with Crippen LogP contribution in [-0.4, -0.2) is 22.7 Å². The number of nitro groups is 2. The highest BCUT2D eigenvalue weighted by molar-refractivity contribution is 5.72. The van der Waals surface area contributed by atoms with Crippen molar-refractivity contribution in [2.75, 3.05) is 6.54 Å². The molecule has 0 heterocycles. The Morgan fingerprint density at radius 2 is 1.89 bits per heavy atom. The van der Waals surface area contributed by atoms with Gasteiger partial charge in [0.25, 0.3) is 11.4 Å². The summed E-state index contributed by atoms with van der Waals surface area (Å²) >= 11 is 0. The fourth-order valence-electron chi connectivity index (χ4n) is 1.37. The van der Waals surface area contributed by atoms with Crippen molar-refractivity contribution in [3.05, 3.63) is 44.0 Å². The van der Waals surface area contributed by atoms with Gasteiger partial charge in [-0.25, -0.2) is 0 Å². The van der Waals surface area contributed by atoms with Crippen LogP contribution in [0.3, 0.4) is 0 Å². The Morgan fingerprint density at radius 1 is 1.28 bits per heavy atom. The van der Waals surface area contributed by atoms with Crippen LogP contribution < -0.4 is 11.5 Å². The Bertz CT molecular complexity index is 518. The van der Waals surface area contributed by atoms with Gasteiger partial charge >= 0.3 is 0 Å². The fourth-order valence-corrected chi connectivity index (χ4v) is 1.37. The number of nitrogens with two attached hydrogens (primary N) is 2. The van der Waals surface area contributed by atoms with Crippen LogP contribution >= 0.6 is 0 Å². The van der Waals surface area contributed by atoms with Crippen LogP contribution in [0.5, 0.6) is 0 Å². The van der Waals surface area contributed by atoms with E-state index in [1.54, 1.807) is 0 Å². The molecule has 1 aromatic rings. The van der Waals surface area contributed by atoms with Crippen LogP contribution in [0, 0.1) is 20.2 Å². The van der Waals surface area contributed by atoms with Crippen molar-refractivity contribution in [1.82, 2.24) is 0 Å². The highest BCUT2D eigenvalue weighted by Crippen LogP contribution is 2.30. The first-order valence-electron chi connectivity index (χ1n) is 4.67. The van der Waals surface area contributed by atoms with Gasteiger partial charge < -0.3 is 11.5 Å². The van der Waals surface area contributed by atoms with Gasteiger partial charge in [0, 0.05) is 12.6 Å². The van der Waals surface area contributed by atoms with Crippen molar-refractivity contribution in [3.63, 3.8) is 0 Å². The van der Waals surface area contributed by atoms with Crippen LogP contribution in [0.1, 0.15) is 5.56 Å². The number of hydrogen-bond acceptors (Lipinski definition) is 7. The maximum Gasteiger partial charge on any atom is 0.281 e. The van der Waals surface area contributed by atoms with Gasteiger partial charge in [-0.3, -0.25) is 25.0 Å². The SMILES string of the molecule is NCC(N)([C]=O)c1ccc([N+](=O)[O-])cc1[N+](=O)[O-]. The maximum absolute atomic E-state index is 10.8. The molecule has 1 unspecified atom stereocenters. The van der Waals surface area contributed by atoms with Crippen molar-refractivity contribution in [1.29, 1.82) is 0 Å². The highest BCUT2D eigenvalue weighted by atomic mass is 16.6. The fraction of sp³-hybridized carbons (Fsp3) is 0.222. The summed E-state index contributed by atoms with van der Waals surface area (Å²) in [5.41, 5.74) is 7.64. The number of hydrogen-bond donors (Lipinski definition) is 2. The van der Waals surface area contributed by atoms with E-state index in [1.165, 1.54) is 6.29 Å². The topological polar surface area (TPSA) is 155 Å². The molecule has 9 nitrogen and oxygen atoms in total. The van der Waals surface area contributed by atoms with Gasteiger partial charge in [0.2, 0.25) is 6.29 Å². The molecule has 0 amide bonds. The quantitative estimate of drug-likeness (QED) is 0.540. The van der Waals surface area contributed by atoms with Gasteiger partial charge in [-0.1, -0.05) is 0 Å². The van der Waals surface area contributed by atoms with E-state index < -0.39 is 33.3 Å². The lowest BCUT2D eigenvalue weighted by molar-refractivity contribution is -0.394. The van der Waals surface area contributed by atoms with E-state index in [1.807, 2.05) is 0 Å². The molecule has 0 aromatic heterocycles. The summed E-state index contributed by atoms with van der Waals surface area (Å²) in [5, 5.41) is 21.4. The number of benzene rings is 1. The van der Waals surface area contributed by atoms with Crippen molar-refractivity contribution in [2.24, 2.45) is 11.5 Å². The second-order valence-corrected chi connectivity index (χ2v) is 3.49. The van der Waals surface area contributed by atoms with E-state index in [0.717, 1.165) is 18.2 Å². The molecule has 1 radical (unpaired) electrons. The molecule has 0 spiro atoms. The van der Waals surface area contributed by atoms with Gasteiger partial charge in [0.05, 0.1) is 21.5 Å². The second kappa shape index (κ2) is 4.85. The van der Waals surface area contributed by atoms with Crippen LogP contribution in [0.4, 0.5) is 11.4 Å². The Hall–Kier alpha value is -2.39. The molecular formula is C9H9N4O5. The van der Waals surface area contributed by atoms with Crippen LogP contribution in [-0.2, 0) is 10.3 Å². The first kappa shape index (κ1) is 13.7. The molecule has 0 saturated heterocycles. The summed E-state index contributed by atoms with van der Waals surface area (Å²) in [6.07, 6.45) is 1.42. The smallest absolute Gasteiger partial charge is 0.281 e. The second-order valence-electron chi connectivity index (χ2n) is 3.49. The molecule has 1 rings (SSSR count). The lowest BCUT2D eigenvalue weighted by Gasteiger charge is -2.19. The minimum atomic E-state index is -1.86. The molecule has 95 valence electrons. The first-order valence-corrected chi connectivity index (χ1v) is 4.67. The largest absolute Gasteiger partial charge is 0.328 e. The molecule has 4 N–H and O–H groups in total. The number of nitrogens with zero attached hydrogens (tertiary/aromatic N) is 2. The zero-order chi connectivity index (χ0) is 13.9. The minimum absolute atomic E-state index is 0.212. The van der Waals surface area contributed by atoms with Crippen LogP contribution in [0.25, 0.3) is 0 Å². The molecule has 0 saturated carbocycles. The predicted octanol–water partition coefficient (Wildman–Crippen LogP) is -0.275. The van der Waals surface area contributed by atoms with Gasteiger partial charge in [-0.15, -0.1) is 0 Å². The number of carbonyl (C=O) groups excluding carboxylic acids is 1. The molecule has 1 aromatic carbocycles. The highest BCUT2D eigenvalue weighted by Gasteiger charge is 2.35. The molecular weight excluding hydrogens is 244 g/mol. The number of rotatable bonds is 5. The summed E-state index contributed by atoms with van der Waals surface area (Å²) in [6.45, 7) is -0.408. The summed E-state index contributed by atoms with van der Waals surface area (Å²) in [6, 6.07) is 2.77. The Labute approximate surface area is 101 Å². The van der Waals surface area contributed by atoms with E-state index in [9.17, 15) is 25.0 Å². The van der Waals surface area contributed by atoms with E-state index in [2.05, 4.69) is 0 Å². The molecule has 0 bridgehead atoms. The monoisotopic (exact) mass is 253 g/mol. The van der Waals surface area contributed by atoms with Gasteiger partial charge in [0.15, 0.2) is 0 Å². The van der Waals surface area contributed by atoms with Gasteiger partial charge in [-0.05, 0) is 6.07 Å². The number of non-ortho nitro benzene ring substituents is 1. The first-order chi connectivity index (χ1) is 8.35. The van der Waals surface area contributed by atoms with Crippen molar-refractivity contribution >= 4 is 17.7 Å². The van der Waals surface area contributed by atoms with Crippen LogP contribution in [0.15, 0.2) is 18.2 Å². The van der Waals surface area contributed by atoms with E-state index in [4.69, 9.17) is 11.5 Å². The van der Waals surface area contributed by atoms with E-state index in [0.29, 0.717) is 0 Å². The third-order valence-corrected chi connectivity index (χ3v) is 2.37. The molecule has 0 aliphatic carbocycles. The molecule has 0 fully saturated rings. The zero-order valence-corrected chi connectivity index (χ0v) is 9.03. The summed E-state index contributed by atoms with van der Waals surface area (Å²) < 4.78 is 0. The molecule has 9 heteroatoms. The average molecular weight is 253 g/mol. The summed E-state index contributed by atoms with van der Waals surface area (Å²) in [5.74, 6) is 0. The Morgan fingerprint density at radius 3 is 2.28 bits per heavy atom. The zero-order valence-electron chi connectivity index (χ0n) is 9.03. The lowest BCUT2D eigenvalue weighted by atomic mass is 9.91. The van der Waals surface area contributed by atoms with Crippen molar-refractivity contribution in [2.45, 2.75) is 5.54 Å². The Kier molecular flexibility index (Phi) is 3.69. The summed E-state index contributed by atoms with van der Waals surface area (Å²) in [4.78, 5) is 30.5. The number of nitro benzene ring substituents is 2.